The van der Waals surface area contributed by atoms with Crippen molar-refractivity contribution in [1.29, 1.82) is 0 Å². The monoisotopic (exact) mass is 529 g/mol. The number of alkyl halides is 3. The summed E-state index contributed by atoms with van der Waals surface area (Å²) in [5.74, 6) is -5.43. The van der Waals surface area contributed by atoms with Gasteiger partial charge in [-0.1, -0.05) is 42.1 Å². The summed E-state index contributed by atoms with van der Waals surface area (Å²) >= 11 is 1.22. The van der Waals surface area contributed by atoms with Gasteiger partial charge in [-0.25, -0.2) is 9.59 Å². The molecule has 0 aliphatic carbocycles. The van der Waals surface area contributed by atoms with Crippen molar-refractivity contribution in [3.63, 3.8) is 0 Å². The lowest BCUT2D eigenvalue weighted by molar-refractivity contribution is -0.192. The van der Waals surface area contributed by atoms with E-state index in [9.17, 15) is 32.3 Å². The first-order valence-electron chi connectivity index (χ1n) is 10.5. The number of esters is 1. The Hall–Kier alpha value is -3.42. The summed E-state index contributed by atoms with van der Waals surface area (Å²) in [7, 11) is 2.70. The summed E-state index contributed by atoms with van der Waals surface area (Å²) in [6.07, 6.45) is -5.08. The molecule has 14 heteroatoms. The molecule has 0 bridgehead atoms. The number of hydrogen-bond donors (Lipinski definition) is 1. The van der Waals surface area contributed by atoms with Gasteiger partial charge in [0.15, 0.2) is 11.0 Å². The summed E-state index contributed by atoms with van der Waals surface area (Å²) in [5.41, 5.74) is -0.754. The van der Waals surface area contributed by atoms with Crippen LogP contribution in [0.5, 0.6) is 0 Å². The second kappa shape index (κ2) is 9.91. The number of thioether (sulfide) groups is 1. The minimum atomic E-state index is -5.08. The van der Waals surface area contributed by atoms with Crippen LogP contribution < -0.4 is 0 Å². The summed E-state index contributed by atoms with van der Waals surface area (Å²) in [5, 5.41) is 7.62. The highest BCUT2D eigenvalue weighted by atomic mass is 32.2. The van der Waals surface area contributed by atoms with Gasteiger partial charge in [0.25, 0.3) is 0 Å². The van der Waals surface area contributed by atoms with Crippen molar-refractivity contribution in [1.82, 2.24) is 9.80 Å². The Labute approximate surface area is 207 Å². The molecule has 0 unspecified atom stereocenters. The number of rotatable bonds is 4. The smallest absolute Gasteiger partial charge is 0.475 e. The number of ketones is 1. The number of carboxylic acids is 1. The van der Waals surface area contributed by atoms with E-state index in [1.165, 1.54) is 25.9 Å². The van der Waals surface area contributed by atoms with Crippen molar-refractivity contribution >= 4 is 46.5 Å². The lowest BCUT2D eigenvalue weighted by Gasteiger charge is -2.37. The first kappa shape index (κ1) is 27.2. The number of fused-ring (bicyclic) bond motifs is 3. The van der Waals surface area contributed by atoms with Crippen molar-refractivity contribution in [2.45, 2.75) is 24.7 Å². The van der Waals surface area contributed by atoms with Gasteiger partial charge in [-0.15, -0.1) is 0 Å². The molecule has 3 aliphatic heterocycles. The number of benzene rings is 1. The molecule has 1 aromatic carbocycles. The molecule has 0 spiro atoms. The van der Waals surface area contributed by atoms with E-state index in [1.54, 1.807) is 36.1 Å². The number of halogens is 3. The van der Waals surface area contributed by atoms with Gasteiger partial charge in [-0.05, 0) is 6.92 Å². The third-order valence-electron chi connectivity index (χ3n) is 6.31. The number of nitrogens with zero attached hydrogens (tertiary/aromatic N) is 3. The minimum Gasteiger partial charge on any atom is -0.475 e. The standard InChI is InChI=1S/C20H21N3O5S.C2HF3O2/c1-20(18(27)28-3)15-14(16(25)22(2)17(15)26)12-9-21-19(23(12)20)29-10-13(24)11-7-5-4-6-8-11;3-2(4,5)1(6)7/h4-8,12,14-15H,9-10H2,1-3H3;(H,6,7)/t12-,14+,15-,20-;/m1./s1. The van der Waals surface area contributed by atoms with Gasteiger partial charge >= 0.3 is 18.1 Å². The van der Waals surface area contributed by atoms with Crippen molar-refractivity contribution in [3.8, 4) is 0 Å². The first-order chi connectivity index (χ1) is 16.8. The van der Waals surface area contributed by atoms with Crippen molar-refractivity contribution in [2.75, 3.05) is 26.5 Å². The third kappa shape index (κ3) is 4.56. The Kier molecular flexibility index (Phi) is 7.48. The van der Waals surface area contributed by atoms with Crippen molar-refractivity contribution in [3.05, 3.63) is 35.9 Å². The molecule has 0 saturated carbocycles. The zero-order valence-corrected chi connectivity index (χ0v) is 20.1. The Morgan fingerprint density at radius 3 is 2.31 bits per heavy atom. The molecule has 0 aromatic heterocycles. The van der Waals surface area contributed by atoms with Crippen molar-refractivity contribution < 1.29 is 47.0 Å². The molecule has 2 fully saturated rings. The average molecular weight is 529 g/mol. The van der Waals surface area contributed by atoms with Gasteiger partial charge in [0.05, 0.1) is 37.3 Å². The molecule has 36 heavy (non-hydrogen) atoms. The molecule has 1 N–H and O–H groups in total. The molecule has 4 atom stereocenters. The van der Waals surface area contributed by atoms with E-state index in [0.29, 0.717) is 17.3 Å². The Morgan fingerprint density at radius 1 is 1.19 bits per heavy atom. The molecule has 0 radical (unpaired) electrons. The number of amides is 2. The Balaban J connectivity index is 0.000000454. The maximum Gasteiger partial charge on any atom is 0.490 e. The third-order valence-corrected chi connectivity index (χ3v) is 7.30. The quantitative estimate of drug-likeness (QED) is 0.350. The normalized spacial score (nSPS) is 26.6. The fraction of sp³-hybridized carbons (Fsp3) is 0.455. The maximum absolute atomic E-state index is 12.8. The number of carboxylic acid groups (broad SMARTS) is 1. The number of aliphatic imine (C=N–C) groups is 1. The number of carbonyl (C=O) groups excluding carboxylic acids is 4. The second-order valence-electron chi connectivity index (χ2n) is 8.32. The van der Waals surface area contributed by atoms with Crippen LogP contribution in [0.2, 0.25) is 0 Å². The fourth-order valence-electron chi connectivity index (χ4n) is 4.64. The van der Waals surface area contributed by atoms with Crippen LogP contribution in [0.3, 0.4) is 0 Å². The number of methoxy groups -OCH3 is 1. The molecule has 1 aromatic rings. The van der Waals surface area contributed by atoms with E-state index < -0.39 is 41.5 Å². The SMILES string of the molecule is COC(=O)[C@@]1(C)[C@H]2C(=O)N(C)C(=O)[C@H]2[C@H]2CN=C(SCC(=O)c3ccccc3)N21.O=C(O)C(F)(F)F. The highest BCUT2D eigenvalue weighted by Gasteiger charge is 2.71. The summed E-state index contributed by atoms with van der Waals surface area (Å²) in [6, 6.07) is 8.52. The molecule has 2 amide bonds. The number of amidine groups is 1. The second-order valence-corrected chi connectivity index (χ2v) is 9.26. The Morgan fingerprint density at radius 2 is 1.78 bits per heavy atom. The molecule has 10 nitrogen and oxygen atoms in total. The van der Waals surface area contributed by atoms with Crippen LogP contribution >= 0.6 is 11.8 Å². The number of Topliss-reactive ketones (excluding diaryl/α,β-unsaturated/α-hetero) is 1. The van der Waals surface area contributed by atoms with Gasteiger partial charge < -0.3 is 14.7 Å². The van der Waals surface area contributed by atoms with Crippen LogP contribution in [0.1, 0.15) is 17.3 Å². The largest absolute Gasteiger partial charge is 0.490 e. The van der Waals surface area contributed by atoms with E-state index in [4.69, 9.17) is 14.6 Å². The number of likely N-dealkylation sites (tertiary alicyclic amines) is 1. The molecule has 4 rings (SSSR count). The number of aliphatic carboxylic acids is 1. The lowest BCUT2D eigenvalue weighted by Crippen LogP contribution is -2.57. The summed E-state index contributed by atoms with van der Waals surface area (Å²) in [4.78, 5) is 67.0. The van der Waals surface area contributed by atoms with Crippen LogP contribution in [0.15, 0.2) is 35.3 Å². The van der Waals surface area contributed by atoms with Crippen LogP contribution in [-0.2, 0) is 23.9 Å². The Bertz CT molecular complexity index is 1130. The molecule has 194 valence electrons. The number of hydrogen-bond acceptors (Lipinski definition) is 9. The van der Waals surface area contributed by atoms with Crippen LogP contribution in [-0.4, -0.2) is 93.8 Å². The average Bonchev–Trinajstić information content (AvgIpc) is 3.45. The zero-order valence-electron chi connectivity index (χ0n) is 19.3. The minimum absolute atomic E-state index is 0.0622. The number of carbonyl (C=O) groups is 5. The molecule has 3 aliphatic rings. The van der Waals surface area contributed by atoms with Gasteiger partial charge in [0, 0.05) is 12.6 Å². The molecule has 2 saturated heterocycles. The highest BCUT2D eigenvalue weighted by Crippen LogP contribution is 2.51. The fourth-order valence-corrected chi connectivity index (χ4v) is 5.69. The number of imide groups is 1. The lowest BCUT2D eigenvalue weighted by atomic mass is 9.81. The van der Waals surface area contributed by atoms with E-state index >= 15 is 0 Å². The topological polar surface area (TPSA) is 134 Å². The van der Waals surface area contributed by atoms with Gasteiger partial charge in [-0.3, -0.25) is 24.3 Å². The van der Waals surface area contributed by atoms with Crippen LogP contribution in [0.4, 0.5) is 13.2 Å². The van der Waals surface area contributed by atoms with Gasteiger partial charge in [-0.2, -0.15) is 13.2 Å². The van der Waals surface area contributed by atoms with Crippen LogP contribution in [0.25, 0.3) is 0 Å². The van der Waals surface area contributed by atoms with E-state index in [2.05, 4.69) is 4.99 Å². The summed E-state index contributed by atoms with van der Waals surface area (Å²) < 4.78 is 36.8. The van der Waals surface area contributed by atoms with E-state index in [0.717, 1.165) is 4.90 Å². The predicted octanol–water partition coefficient (Wildman–Crippen LogP) is 1.45. The van der Waals surface area contributed by atoms with E-state index in [1.807, 2.05) is 6.07 Å². The van der Waals surface area contributed by atoms with E-state index in [-0.39, 0.29) is 23.4 Å². The molecular formula is C22H22F3N3O7S. The molecular weight excluding hydrogens is 507 g/mol. The predicted molar refractivity (Wildman–Crippen MR) is 120 cm³/mol. The van der Waals surface area contributed by atoms with Gasteiger partial charge in [0.1, 0.15) is 5.54 Å². The summed E-state index contributed by atoms with van der Waals surface area (Å²) in [6.45, 7) is 1.92. The van der Waals surface area contributed by atoms with Crippen LogP contribution in [0, 0.1) is 11.8 Å². The highest BCUT2D eigenvalue weighted by molar-refractivity contribution is 8.14. The van der Waals surface area contributed by atoms with Crippen molar-refractivity contribution in [2.24, 2.45) is 16.8 Å². The first-order valence-corrected chi connectivity index (χ1v) is 11.5. The molecule has 3 heterocycles. The number of ether oxygens (including phenoxy) is 1. The maximum atomic E-state index is 12.8. The van der Waals surface area contributed by atoms with Gasteiger partial charge in [0.2, 0.25) is 11.8 Å². The zero-order chi connectivity index (χ0) is 27.0.